The Balaban J connectivity index is 2.43. The van der Waals surface area contributed by atoms with Gasteiger partial charge < -0.3 is 10.5 Å². The summed E-state index contributed by atoms with van der Waals surface area (Å²) in [6, 6.07) is 11.3. The second-order valence-corrected chi connectivity index (χ2v) is 7.26. The number of sulfonamides is 1. The maximum Gasteiger partial charge on any atom is 0.246 e. The summed E-state index contributed by atoms with van der Waals surface area (Å²) in [5.41, 5.74) is 6.66. The highest BCUT2D eigenvalue weighted by Crippen LogP contribution is 2.30. The fourth-order valence-electron chi connectivity index (χ4n) is 2.39. The van der Waals surface area contributed by atoms with Crippen LogP contribution in [-0.2, 0) is 16.6 Å². The van der Waals surface area contributed by atoms with Gasteiger partial charge in [0.25, 0.3) is 0 Å². The molecular formula is C17H21FN2O3S. The number of nitrogens with two attached hydrogens (primary N) is 1. The summed E-state index contributed by atoms with van der Waals surface area (Å²) in [7, 11) is -2.67. The van der Waals surface area contributed by atoms with Crippen LogP contribution >= 0.6 is 0 Å². The van der Waals surface area contributed by atoms with Crippen molar-refractivity contribution in [3.8, 4) is 5.75 Å². The second-order valence-electron chi connectivity index (χ2n) is 5.35. The fourth-order valence-corrected chi connectivity index (χ4v) is 3.99. The molecule has 0 radical (unpaired) electrons. The third-order valence-corrected chi connectivity index (χ3v) is 5.44. The summed E-state index contributed by atoms with van der Waals surface area (Å²) in [4.78, 5) is -0.440. The molecule has 0 saturated carbocycles. The van der Waals surface area contributed by atoms with E-state index in [-0.39, 0.29) is 24.5 Å². The maximum atomic E-state index is 14.3. The molecule has 24 heavy (non-hydrogen) atoms. The van der Waals surface area contributed by atoms with E-state index in [1.165, 1.54) is 11.4 Å². The van der Waals surface area contributed by atoms with Crippen LogP contribution in [0.4, 0.5) is 10.1 Å². The molecule has 0 amide bonds. The van der Waals surface area contributed by atoms with Crippen molar-refractivity contribution in [3.63, 3.8) is 0 Å². The summed E-state index contributed by atoms with van der Waals surface area (Å²) in [5.74, 6) is -0.772. The van der Waals surface area contributed by atoms with Crippen molar-refractivity contribution in [2.45, 2.75) is 24.8 Å². The quantitative estimate of drug-likeness (QED) is 0.778. The largest absolute Gasteiger partial charge is 0.494 e. The topological polar surface area (TPSA) is 72.6 Å². The van der Waals surface area contributed by atoms with Crippen molar-refractivity contribution in [2.75, 3.05) is 19.4 Å². The Kier molecular flexibility index (Phi) is 5.80. The third-order valence-electron chi connectivity index (χ3n) is 3.58. The molecule has 0 fully saturated rings. The molecule has 0 unspecified atom stereocenters. The van der Waals surface area contributed by atoms with Crippen LogP contribution in [0, 0.1) is 5.82 Å². The number of hydrogen-bond donors (Lipinski definition) is 1. The highest BCUT2D eigenvalue weighted by Gasteiger charge is 2.28. The lowest BCUT2D eigenvalue weighted by molar-refractivity contribution is 0.399. The lowest BCUT2D eigenvalue weighted by Crippen LogP contribution is -2.32. The molecule has 2 rings (SSSR count). The van der Waals surface area contributed by atoms with Gasteiger partial charge in [-0.1, -0.05) is 37.3 Å². The van der Waals surface area contributed by atoms with E-state index >= 15 is 0 Å². The van der Waals surface area contributed by atoms with Crippen molar-refractivity contribution in [1.29, 1.82) is 0 Å². The molecule has 2 aromatic rings. The third kappa shape index (κ3) is 3.85. The standard InChI is InChI=1S/C17H21FN2O3S/c1-3-9-20(12-13-7-5-4-6-8-13)24(21,22)17-11-15(19)16(23-2)10-14(17)18/h4-8,10-11H,3,9,12,19H2,1-2H3. The first-order valence-electron chi connectivity index (χ1n) is 7.57. The van der Waals surface area contributed by atoms with Crippen molar-refractivity contribution >= 4 is 15.7 Å². The number of benzene rings is 2. The van der Waals surface area contributed by atoms with E-state index in [1.807, 2.05) is 37.3 Å². The van der Waals surface area contributed by atoms with E-state index in [0.29, 0.717) is 6.42 Å². The molecule has 0 aliphatic carbocycles. The normalized spacial score (nSPS) is 11.7. The number of halogens is 1. The minimum absolute atomic E-state index is 0.0774. The van der Waals surface area contributed by atoms with E-state index in [0.717, 1.165) is 17.7 Å². The van der Waals surface area contributed by atoms with Gasteiger partial charge in [0, 0.05) is 19.2 Å². The Bertz CT molecular complexity index is 795. The molecule has 5 nitrogen and oxygen atoms in total. The Morgan fingerprint density at radius 1 is 1.21 bits per heavy atom. The lowest BCUT2D eigenvalue weighted by Gasteiger charge is -2.22. The predicted octanol–water partition coefficient (Wildman–Crippen LogP) is 3.02. The van der Waals surface area contributed by atoms with Crippen LogP contribution in [-0.4, -0.2) is 26.4 Å². The Labute approximate surface area is 141 Å². The minimum atomic E-state index is -4.02. The first kappa shape index (κ1) is 18.2. The zero-order valence-electron chi connectivity index (χ0n) is 13.7. The van der Waals surface area contributed by atoms with Crippen molar-refractivity contribution in [2.24, 2.45) is 0 Å². The van der Waals surface area contributed by atoms with Crippen LogP contribution < -0.4 is 10.5 Å². The molecule has 7 heteroatoms. The molecule has 130 valence electrons. The van der Waals surface area contributed by atoms with Gasteiger partial charge in [0.1, 0.15) is 16.5 Å². The van der Waals surface area contributed by atoms with Gasteiger partial charge in [-0.3, -0.25) is 0 Å². The van der Waals surface area contributed by atoms with Gasteiger partial charge >= 0.3 is 0 Å². The Morgan fingerprint density at radius 3 is 2.46 bits per heavy atom. The molecule has 0 bridgehead atoms. The number of nitrogen functional groups attached to an aromatic ring is 1. The van der Waals surface area contributed by atoms with Crippen LogP contribution in [0.3, 0.4) is 0 Å². The lowest BCUT2D eigenvalue weighted by atomic mass is 10.2. The molecular weight excluding hydrogens is 331 g/mol. The van der Waals surface area contributed by atoms with Gasteiger partial charge in [-0.2, -0.15) is 4.31 Å². The summed E-state index contributed by atoms with van der Waals surface area (Å²) in [6.07, 6.45) is 0.610. The van der Waals surface area contributed by atoms with Crippen molar-refractivity contribution < 1.29 is 17.5 Å². The van der Waals surface area contributed by atoms with Crippen LogP contribution in [0.1, 0.15) is 18.9 Å². The van der Waals surface area contributed by atoms with E-state index in [4.69, 9.17) is 10.5 Å². The Morgan fingerprint density at radius 2 is 1.88 bits per heavy atom. The minimum Gasteiger partial charge on any atom is -0.494 e. The van der Waals surface area contributed by atoms with Crippen LogP contribution in [0.25, 0.3) is 0 Å². The van der Waals surface area contributed by atoms with Crippen molar-refractivity contribution in [3.05, 3.63) is 53.8 Å². The van der Waals surface area contributed by atoms with Gasteiger partial charge in [-0.25, -0.2) is 12.8 Å². The smallest absolute Gasteiger partial charge is 0.246 e. The number of ether oxygens (including phenoxy) is 1. The van der Waals surface area contributed by atoms with Gasteiger partial charge in [0.05, 0.1) is 12.8 Å². The van der Waals surface area contributed by atoms with Gasteiger partial charge in [0.15, 0.2) is 0 Å². The number of anilines is 1. The summed E-state index contributed by atoms with van der Waals surface area (Å²) >= 11 is 0. The highest BCUT2D eigenvalue weighted by atomic mass is 32.2. The highest BCUT2D eigenvalue weighted by molar-refractivity contribution is 7.89. The summed E-state index contributed by atoms with van der Waals surface area (Å²) < 4.78 is 46.3. The average molecular weight is 352 g/mol. The number of methoxy groups -OCH3 is 1. The van der Waals surface area contributed by atoms with Crippen LogP contribution in [0.2, 0.25) is 0 Å². The summed E-state index contributed by atoms with van der Waals surface area (Å²) in [5, 5.41) is 0. The average Bonchev–Trinajstić information content (AvgIpc) is 2.57. The predicted molar refractivity (Wildman–Crippen MR) is 91.7 cm³/mol. The Hall–Kier alpha value is -2.12. The molecule has 0 spiro atoms. The monoisotopic (exact) mass is 352 g/mol. The molecule has 0 saturated heterocycles. The van der Waals surface area contributed by atoms with E-state index < -0.39 is 20.7 Å². The first-order valence-corrected chi connectivity index (χ1v) is 9.01. The fraction of sp³-hybridized carbons (Fsp3) is 0.294. The van der Waals surface area contributed by atoms with Crippen LogP contribution in [0.15, 0.2) is 47.4 Å². The maximum absolute atomic E-state index is 14.3. The molecule has 0 heterocycles. The van der Waals surface area contributed by atoms with Gasteiger partial charge in [-0.15, -0.1) is 0 Å². The molecule has 2 aromatic carbocycles. The second kappa shape index (κ2) is 7.63. The zero-order valence-corrected chi connectivity index (χ0v) is 14.5. The molecule has 0 atom stereocenters. The summed E-state index contributed by atoms with van der Waals surface area (Å²) in [6.45, 7) is 2.32. The van der Waals surface area contributed by atoms with E-state index in [1.54, 1.807) is 0 Å². The van der Waals surface area contributed by atoms with Crippen molar-refractivity contribution in [1.82, 2.24) is 4.31 Å². The van der Waals surface area contributed by atoms with E-state index in [9.17, 15) is 12.8 Å². The van der Waals surface area contributed by atoms with Crippen LogP contribution in [0.5, 0.6) is 5.75 Å². The first-order chi connectivity index (χ1) is 11.4. The molecule has 0 aromatic heterocycles. The SMILES string of the molecule is CCCN(Cc1ccccc1)S(=O)(=O)c1cc(N)c(OC)cc1F. The van der Waals surface area contributed by atoms with Gasteiger partial charge in [-0.05, 0) is 18.1 Å². The molecule has 2 N–H and O–H groups in total. The molecule has 0 aliphatic heterocycles. The zero-order chi connectivity index (χ0) is 17.7. The van der Waals surface area contributed by atoms with Gasteiger partial charge in [0.2, 0.25) is 10.0 Å². The number of nitrogens with zero attached hydrogens (tertiary/aromatic N) is 1. The number of hydrogen-bond acceptors (Lipinski definition) is 4. The van der Waals surface area contributed by atoms with E-state index in [2.05, 4.69) is 0 Å². The number of rotatable bonds is 7. The molecule has 0 aliphatic rings.